The zero-order valence-electron chi connectivity index (χ0n) is 14.6. The normalized spacial score (nSPS) is 19.2. The Bertz CT molecular complexity index is 958. The molecule has 0 radical (unpaired) electrons. The first-order chi connectivity index (χ1) is 12.3. The molecule has 0 aliphatic carbocycles. The minimum absolute atomic E-state index is 0.230. The average molecular weight is 349 g/mol. The maximum atomic E-state index is 12.0. The fraction of sp³-hybridized carbons (Fsp3) is 0.250. The second-order valence-electron chi connectivity index (χ2n) is 6.39. The number of hydrogen-bond acceptors (Lipinski definition) is 4. The lowest BCUT2D eigenvalue weighted by atomic mass is 10.0. The lowest BCUT2D eigenvalue weighted by molar-refractivity contribution is -0.137. The molecule has 2 heterocycles. The van der Waals surface area contributed by atoms with Crippen molar-refractivity contribution in [3.8, 4) is 23.1 Å². The quantitative estimate of drug-likeness (QED) is 0.794. The number of carbonyl (C=O) groups is 2. The molecule has 0 bridgehead atoms. The number of likely N-dealkylation sites (tertiary alicyclic amines) is 1. The van der Waals surface area contributed by atoms with Gasteiger partial charge in [-0.1, -0.05) is 30.0 Å². The Morgan fingerprint density at radius 3 is 2.77 bits per heavy atom. The summed E-state index contributed by atoms with van der Waals surface area (Å²) in [5, 5.41) is 10.4. The molecule has 132 valence electrons. The summed E-state index contributed by atoms with van der Waals surface area (Å²) in [7, 11) is 1.64. The first-order valence-corrected chi connectivity index (χ1v) is 8.19. The first-order valence-electron chi connectivity index (χ1n) is 8.19. The van der Waals surface area contributed by atoms with E-state index in [1.807, 2.05) is 6.07 Å². The number of aryl methyl sites for hydroxylation is 1. The molecule has 1 aromatic carbocycles. The SMILES string of the molecule is Cc1ccc(-c2cccc(C#C[C@]3(O)CCN(C)C3=O)c2)nc1C(N)=O. The van der Waals surface area contributed by atoms with Crippen molar-refractivity contribution < 1.29 is 14.7 Å². The number of rotatable bonds is 2. The van der Waals surface area contributed by atoms with E-state index in [0.717, 1.165) is 5.56 Å². The monoisotopic (exact) mass is 349 g/mol. The van der Waals surface area contributed by atoms with Crippen molar-refractivity contribution in [2.75, 3.05) is 13.6 Å². The maximum Gasteiger partial charge on any atom is 0.267 e. The largest absolute Gasteiger partial charge is 0.369 e. The molecular formula is C20H19N3O3. The van der Waals surface area contributed by atoms with Gasteiger partial charge in [0.1, 0.15) is 5.69 Å². The van der Waals surface area contributed by atoms with Crippen LogP contribution < -0.4 is 5.73 Å². The van der Waals surface area contributed by atoms with Crippen LogP contribution in [0.15, 0.2) is 36.4 Å². The second-order valence-corrected chi connectivity index (χ2v) is 6.39. The number of carbonyl (C=O) groups excluding carboxylic acids is 2. The number of aliphatic hydroxyl groups is 1. The van der Waals surface area contributed by atoms with Crippen LogP contribution in [0.4, 0.5) is 0 Å². The molecule has 2 aromatic rings. The average Bonchev–Trinajstić information content (AvgIpc) is 2.88. The molecule has 1 saturated heterocycles. The van der Waals surface area contributed by atoms with Gasteiger partial charge in [-0.2, -0.15) is 0 Å². The van der Waals surface area contributed by atoms with Crippen molar-refractivity contribution in [3.05, 3.63) is 53.2 Å². The van der Waals surface area contributed by atoms with Crippen LogP contribution in [-0.4, -0.2) is 46.0 Å². The van der Waals surface area contributed by atoms with Crippen LogP contribution in [0.5, 0.6) is 0 Å². The molecule has 1 aliphatic heterocycles. The van der Waals surface area contributed by atoms with Gasteiger partial charge in [0.15, 0.2) is 0 Å². The van der Waals surface area contributed by atoms with Crippen LogP contribution in [0.3, 0.4) is 0 Å². The van der Waals surface area contributed by atoms with Gasteiger partial charge in [0, 0.05) is 31.1 Å². The van der Waals surface area contributed by atoms with Crippen molar-refractivity contribution in [1.29, 1.82) is 0 Å². The Labute approximate surface area is 151 Å². The number of hydrogen-bond donors (Lipinski definition) is 2. The van der Waals surface area contributed by atoms with E-state index < -0.39 is 11.5 Å². The van der Waals surface area contributed by atoms with Gasteiger partial charge in [-0.3, -0.25) is 9.59 Å². The van der Waals surface area contributed by atoms with Crippen molar-refractivity contribution in [2.24, 2.45) is 5.73 Å². The van der Waals surface area contributed by atoms with E-state index in [0.29, 0.717) is 23.4 Å². The summed E-state index contributed by atoms with van der Waals surface area (Å²) in [6.45, 7) is 2.25. The van der Waals surface area contributed by atoms with Gasteiger partial charge < -0.3 is 15.7 Å². The molecule has 6 heteroatoms. The standard InChI is InChI=1S/C20H19N3O3/c1-13-6-7-16(22-17(13)18(21)24)15-5-3-4-14(12-15)8-9-20(26)10-11-23(2)19(20)25/h3-7,12,26H,10-11H2,1-2H3,(H2,21,24)/t20-/m0/s1. The summed E-state index contributed by atoms with van der Waals surface area (Å²) in [5.41, 5.74) is 6.67. The minimum Gasteiger partial charge on any atom is -0.369 e. The zero-order valence-corrected chi connectivity index (χ0v) is 14.6. The predicted octanol–water partition coefficient (Wildman–Crippen LogP) is 1.10. The van der Waals surface area contributed by atoms with E-state index in [4.69, 9.17) is 5.73 Å². The van der Waals surface area contributed by atoms with Gasteiger partial charge in [-0.15, -0.1) is 0 Å². The summed E-state index contributed by atoms with van der Waals surface area (Å²) in [6.07, 6.45) is 0.288. The Morgan fingerprint density at radius 1 is 1.35 bits per heavy atom. The Balaban J connectivity index is 1.93. The molecule has 0 saturated carbocycles. The second kappa shape index (κ2) is 6.62. The van der Waals surface area contributed by atoms with E-state index >= 15 is 0 Å². The fourth-order valence-electron chi connectivity index (χ4n) is 2.84. The number of pyridine rings is 1. The van der Waals surface area contributed by atoms with Gasteiger partial charge in [-0.25, -0.2) is 4.98 Å². The van der Waals surface area contributed by atoms with Gasteiger partial charge in [0.05, 0.1) is 5.69 Å². The number of nitrogens with two attached hydrogens (primary N) is 1. The third kappa shape index (κ3) is 3.30. The summed E-state index contributed by atoms with van der Waals surface area (Å²) in [4.78, 5) is 29.3. The first kappa shape index (κ1) is 17.6. The number of amides is 2. The van der Waals surface area contributed by atoms with Gasteiger partial charge in [-0.05, 0) is 30.7 Å². The number of aromatic nitrogens is 1. The van der Waals surface area contributed by atoms with E-state index in [1.165, 1.54) is 4.90 Å². The summed E-state index contributed by atoms with van der Waals surface area (Å²) in [5.74, 6) is 4.60. The van der Waals surface area contributed by atoms with Crippen LogP contribution in [0.1, 0.15) is 28.0 Å². The molecule has 0 unspecified atom stereocenters. The highest BCUT2D eigenvalue weighted by Gasteiger charge is 2.42. The molecule has 3 N–H and O–H groups in total. The Morgan fingerprint density at radius 2 is 2.12 bits per heavy atom. The molecule has 3 rings (SSSR count). The van der Waals surface area contributed by atoms with E-state index in [-0.39, 0.29) is 18.0 Å². The Kier molecular flexibility index (Phi) is 4.49. The highest BCUT2D eigenvalue weighted by Crippen LogP contribution is 2.22. The van der Waals surface area contributed by atoms with E-state index in [2.05, 4.69) is 16.8 Å². The zero-order chi connectivity index (χ0) is 18.9. The number of primary amides is 1. The third-order valence-corrected chi connectivity index (χ3v) is 4.41. The summed E-state index contributed by atoms with van der Waals surface area (Å²) in [6, 6.07) is 10.8. The lowest BCUT2D eigenvalue weighted by Crippen LogP contribution is -2.37. The third-order valence-electron chi connectivity index (χ3n) is 4.41. The molecule has 2 amide bonds. The highest BCUT2D eigenvalue weighted by molar-refractivity contribution is 5.93. The molecule has 0 spiro atoms. The van der Waals surface area contributed by atoms with Crippen LogP contribution in [0, 0.1) is 18.8 Å². The lowest BCUT2D eigenvalue weighted by Gasteiger charge is -2.13. The molecule has 1 atom stereocenters. The van der Waals surface area contributed by atoms with Crippen molar-refractivity contribution in [2.45, 2.75) is 18.9 Å². The van der Waals surface area contributed by atoms with Crippen LogP contribution in [0.25, 0.3) is 11.3 Å². The topological polar surface area (TPSA) is 96.5 Å². The van der Waals surface area contributed by atoms with Crippen LogP contribution in [-0.2, 0) is 4.79 Å². The van der Waals surface area contributed by atoms with Crippen molar-refractivity contribution in [1.82, 2.24) is 9.88 Å². The van der Waals surface area contributed by atoms with Crippen molar-refractivity contribution in [3.63, 3.8) is 0 Å². The smallest absolute Gasteiger partial charge is 0.267 e. The van der Waals surface area contributed by atoms with E-state index in [1.54, 1.807) is 44.3 Å². The number of nitrogens with zero attached hydrogens (tertiary/aromatic N) is 2. The number of likely N-dealkylation sites (N-methyl/N-ethyl adjacent to an activating group) is 1. The fourth-order valence-corrected chi connectivity index (χ4v) is 2.84. The van der Waals surface area contributed by atoms with Crippen LogP contribution >= 0.6 is 0 Å². The molecule has 26 heavy (non-hydrogen) atoms. The molecule has 6 nitrogen and oxygen atoms in total. The van der Waals surface area contributed by atoms with Crippen LogP contribution in [0.2, 0.25) is 0 Å². The molecule has 1 aliphatic rings. The highest BCUT2D eigenvalue weighted by atomic mass is 16.3. The summed E-state index contributed by atoms with van der Waals surface area (Å²) < 4.78 is 0. The van der Waals surface area contributed by atoms with Gasteiger partial charge >= 0.3 is 0 Å². The maximum absolute atomic E-state index is 12.0. The predicted molar refractivity (Wildman–Crippen MR) is 97.0 cm³/mol. The number of benzene rings is 1. The summed E-state index contributed by atoms with van der Waals surface area (Å²) >= 11 is 0. The Hall–Kier alpha value is -3.17. The minimum atomic E-state index is -1.63. The molecular weight excluding hydrogens is 330 g/mol. The van der Waals surface area contributed by atoms with Crippen molar-refractivity contribution >= 4 is 11.8 Å². The van der Waals surface area contributed by atoms with Gasteiger partial charge in [0.2, 0.25) is 5.60 Å². The molecule has 1 fully saturated rings. The van der Waals surface area contributed by atoms with E-state index in [9.17, 15) is 14.7 Å². The van der Waals surface area contributed by atoms with Gasteiger partial charge in [0.25, 0.3) is 11.8 Å². The molecule has 1 aromatic heterocycles.